The summed E-state index contributed by atoms with van der Waals surface area (Å²) in [5.74, 6) is 0.930. The van der Waals surface area contributed by atoms with Gasteiger partial charge in [-0.05, 0) is 114 Å². The van der Waals surface area contributed by atoms with Gasteiger partial charge in [-0.25, -0.2) is 4.98 Å². The van der Waals surface area contributed by atoms with Gasteiger partial charge in [-0.1, -0.05) is 72.8 Å². The number of rotatable bonds is 5. The third-order valence-corrected chi connectivity index (χ3v) is 9.59. The normalized spacial score (nSPS) is 12.0. The maximum atomic E-state index is 5.00. The Labute approximate surface area is 274 Å². The van der Waals surface area contributed by atoms with Gasteiger partial charge in [0.2, 0.25) is 0 Å². The molecule has 4 heteroatoms. The lowest BCUT2D eigenvalue weighted by Gasteiger charge is -2.26. The lowest BCUT2D eigenvalue weighted by atomic mass is 9.99. The van der Waals surface area contributed by atoms with E-state index in [2.05, 4.69) is 150 Å². The van der Waals surface area contributed by atoms with Gasteiger partial charge in [-0.2, -0.15) is 0 Å². The first-order chi connectivity index (χ1) is 23.1. The second-order valence-electron chi connectivity index (χ2n) is 12.4. The summed E-state index contributed by atoms with van der Waals surface area (Å²) in [7, 11) is 0. The predicted octanol–water partition coefficient (Wildman–Crippen LogP) is 10.9. The predicted molar refractivity (Wildman–Crippen MR) is 194 cm³/mol. The van der Waals surface area contributed by atoms with Crippen molar-refractivity contribution >= 4 is 38.9 Å². The van der Waals surface area contributed by atoms with Crippen molar-refractivity contribution < 1.29 is 0 Å². The zero-order valence-corrected chi connectivity index (χ0v) is 26.4. The smallest absolute Gasteiger partial charge is 0.137 e. The molecule has 0 fully saturated rings. The molecule has 5 aromatic carbocycles. The quantitative estimate of drug-likeness (QED) is 0.196. The fraction of sp³-hybridized carbons (Fsp3) is 0.0698. The summed E-state index contributed by atoms with van der Waals surface area (Å²) >= 11 is 0. The van der Waals surface area contributed by atoms with E-state index in [0.29, 0.717) is 0 Å². The maximum absolute atomic E-state index is 5.00. The summed E-state index contributed by atoms with van der Waals surface area (Å²) in [6.07, 6.45) is 4.80. The molecule has 3 heterocycles. The van der Waals surface area contributed by atoms with Gasteiger partial charge in [-0.3, -0.25) is 9.55 Å². The molecule has 0 aliphatic heterocycles. The van der Waals surface area contributed by atoms with Crippen LogP contribution in [0.1, 0.15) is 22.3 Å². The highest BCUT2D eigenvalue weighted by atomic mass is 15.1. The first-order valence-corrected chi connectivity index (χ1v) is 16.1. The summed E-state index contributed by atoms with van der Waals surface area (Å²) in [6.45, 7) is 4.29. The molecule has 9 rings (SSSR count). The van der Waals surface area contributed by atoms with Crippen LogP contribution in [0.5, 0.6) is 0 Å². The third kappa shape index (κ3) is 4.44. The van der Waals surface area contributed by atoms with Gasteiger partial charge in [0, 0.05) is 45.8 Å². The van der Waals surface area contributed by atoms with Crippen LogP contribution in [0.4, 0.5) is 17.1 Å². The van der Waals surface area contributed by atoms with E-state index < -0.39 is 0 Å². The molecule has 0 atom stereocenters. The van der Waals surface area contributed by atoms with Crippen molar-refractivity contribution in [2.75, 3.05) is 4.90 Å². The fourth-order valence-corrected chi connectivity index (χ4v) is 7.20. The lowest BCUT2D eigenvalue weighted by Crippen LogP contribution is -2.10. The molecule has 0 spiro atoms. The number of aryl methyl sites for hydroxylation is 2. The molecule has 0 radical (unpaired) electrons. The Kier molecular flexibility index (Phi) is 6.29. The molecule has 0 N–H and O–H groups in total. The Balaban J connectivity index is 1.33. The van der Waals surface area contributed by atoms with Crippen molar-refractivity contribution in [2.45, 2.75) is 20.3 Å². The highest BCUT2D eigenvalue weighted by Gasteiger charge is 2.26. The number of nitrogens with zero attached hydrogens (tertiary/aromatic N) is 4. The highest BCUT2D eigenvalue weighted by molar-refractivity contribution is 6.18. The van der Waals surface area contributed by atoms with E-state index >= 15 is 0 Å². The fourth-order valence-electron chi connectivity index (χ4n) is 7.20. The number of hydrogen-bond donors (Lipinski definition) is 0. The van der Waals surface area contributed by atoms with E-state index in [-0.39, 0.29) is 0 Å². The average molecular weight is 605 g/mol. The first kappa shape index (κ1) is 27.3. The number of fused-ring (bicyclic) bond motifs is 7. The van der Waals surface area contributed by atoms with Gasteiger partial charge in [-0.15, -0.1) is 0 Å². The molecule has 224 valence electrons. The van der Waals surface area contributed by atoms with Crippen LogP contribution in [0.25, 0.3) is 50.0 Å². The SMILES string of the molecule is Cc1cnc(-n2c3cc(N(c4ccccc4)c4cccc(-c5ccccn5)c4)ccc3c3c4c(ccc32)Cc2ccccc2-4)cc1C. The maximum Gasteiger partial charge on any atom is 0.137 e. The molecular formula is C43H32N4. The highest BCUT2D eigenvalue weighted by Crippen LogP contribution is 2.47. The monoisotopic (exact) mass is 604 g/mol. The van der Waals surface area contributed by atoms with Gasteiger partial charge in [0.15, 0.2) is 0 Å². The largest absolute Gasteiger partial charge is 0.310 e. The Bertz CT molecular complexity index is 2460. The zero-order valence-electron chi connectivity index (χ0n) is 26.4. The van der Waals surface area contributed by atoms with Crippen LogP contribution in [0.15, 0.2) is 146 Å². The van der Waals surface area contributed by atoms with Crippen LogP contribution in [0.3, 0.4) is 0 Å². The van der Waals surface area contributed by atoms with Crippen LogP contribution >= 0.6 is 0 Å². The average Bonchev–Trinajstić information content (AvgIpc) is 3.66. The van der Waals surface area contributed by atoms with Gasteiger partial charge in [0.1, 0.15) is 5.82 Å². The summed E-state index contributed by atoms with van der Waals surface area (Å²) in [6, 6.07) is 47.9. The molecule has 0 saturated carbocycles. The molecule has 0 unspecified atom stereocenters. The Hall–Kier alpha value is -6.00. The van der Waals surface area contributed by atoms with E-state index in [1.807, 2.05) is 24.5 Å². The molecule has 0 bridgehead atoms. The summed E-state index contributed by atoms with van der Waals surface area (Å²) in [5, 5.41) is 2.52. The summed E-state index contributed by atoms with van der Waals surface area (Å²) in [5.41, 5.74) is 15.4. The number of aromatic nitrogens is 3. The van der Waals surface area contributed by atoms with Crippen molar-refractivity contribution in [1.29, 1.82) is 0 Å². The molecule has 1 aliphatic carbocycles. The number of pyridine rings is 2. The van der Waals surface area contributed by atoms with Crippen LogP contribution < -0.4 is 4.90 Å². The topological polar surface area (TPSA) is 34.0 Å². The molecule has 1 aliphatic rings. The van der Waals surface area contributed by atoms with E-state index in [0.717, 1.165) is 46.1 Å². The molecule has 3 aromatic heterocycles. The summed E-state index contributed by atoms with van der Waals surface area (Å²) in [4.78, 5) is 12.0. The van der Waals surface area contributed by atoms with Gasteiger partial charge in [0.05, 0.1) is 16.7 Å². The second-order valence-corrected chi connectivity index (χ2v) is 12.4. The zero-order chi connectivity index (χ0) is 31.5. The number of benzene rings is 5. The molecule has 4 nitrogen and oxygen atoms in total. The van der Waals surface area contributed by atoms with E-state index in [4.69, 9.17) is 4.98 Å². The van der Waals surface area contributed by atoms with Gasteiger partial charge < -0.3 is 4.90 Å². The number of anilines is 3. The Morgan fingerprint density at radius 2 is 1.40 bits per heavy atom. The second kappa shape index (κ2) is 10.8. The van der Waals surface area contributed by atoms with E-state index in [1.54, 1.807) is 0 Å². The van der Waals surface area contributed by atoms with E-state index in [1.165, 1.54) is 49.7 Å². The van der Waals surface area contributed by atoms with Gasteiger partial charge in [0.25, 0.3) is 0 Å². The molecule has 0 amide bonds. The lowest BCUT2D eigenvalue weighted by molar-refractivity contribution is 1.06. The van der Waals surface area contributed by atoms with Crippen LogP contribution in [0.2, 0.25) is 0 Å². The van der Waals surface area contributed by atoms with Crippen molar-refractivity contribution in [3.05, 3.63) is 168 Å². The molecular weight excluding hydrogens is 573 g/mol. The minimum Gasteiger partial charge on any atom is -0.310 e. The Morgan fingerprint density at radius 3 is 2.26 bits per heavy atom. The van der Waals surface area contributed by atoms with Crippen molar-refractivity contribution in [3.63, 3.8) is 0 Å². The van der Waals surface area contributed by atoms with E-state index in [9.17, 15) is 0 Å². The van der Waals surface area contributed by atoms with Crippen molar-refractivity contribution in [1.82, 2.24) is 14.5 Å². The van der Waals surface area contributed by atoms with Gasteiger partial charge >= 0.3 is 0 Å². The van der Waals surface area contributed by atoms with Crippen molar-refractivity contribution in [2.24, 2.45) is 0 Å². The molecule has 47 heavy (non-hydrogen) atoms. The summed E-state index contributed by atoms with van der Waals surface area (Å²) < 4.78 is 2.36. The van der Waals surface area contributed by atoms with Crippen molar-refractivity contribution in [3.8, 4) is 28.2 Å². The minimum absolute atomic E-state index is 0.930. The molecule has 8 aromatic rings. The molecule has 0 saturated heterocycles. The first-order valence-electron chi connectivity index (χ1n) is 16.1. The number of para-hydroxylation sites is 1. The number of hydrogen-bond acceptors (Lipinski definition) is 3. The minimum atomic E-state index is 0.930. The third-order valence-electron chi connectivity index (χ3n) is 9.59. The van der Waals surface area contributed by atoms with Crippen LogP contribution in [0, 0.1) is 13.8 Å². The standard InChI is InChI=1S/C43H32N4/c1-28-23-41(45-27-29(28)2)47-39-21-18-32-24-30-11-6-7-16-36(30)42(32)43(39)37-20-19-35(26-40(37)47)46(33-13-4-3-5-14-33)34-15-10-12-31(25-34)38-17-8-9-22-44-38/h3-23,25-27H,24H2,1-2H3. The van der Waals surface area contributed by atoms with Crippen LogP contribution in [-0.4, -0.2) is 14.5 Å². The van der Waals surface area contributed by atoms with Crippen LogP contribution in [-0.2, 0) is 6.42 Å². The Morgan fingerprint density at radius 1 is 0.596 bits per heavy atom.